The normalized spacial score (nSPS) is 11.5. The Balaban J connectivity index is 1.62. The molecule has 2 aromatic heterocycles. The van der Waals surface area contributed by atoms with Gasteiger partial charge in [0.05, 0.1) is 17.1 Å². The lowest BCUT2D eigenvalue weighted by molar-refractivity contribution is -0.115. The third-order valence-corrected chi connectivity index (χ3v) is 5.58. The number of nitrogens with zero attached hydrogens (tertiary/aromatic N) is 3. The van der Waals surface area contributed by atoms with Gasteiger partial charge in [-0.15, -0.1) is 21.5 Å². The SMILES string of the molecule is Cc1nc(-c2ccc(CC(=O)Nc3nnc(C(C)(C)C)s3)cc2)cs1. The van der Waals surface area contributed by atoms with Crippen LogP contribution in [-0.2, 0) is 16.6 Å². The zero-order valence-corrected chi connectivity index (χ0v) is 16.3. The Morgan fingerprint density at radius 2 is 1.88 bits per heavy atom. The van der Waals surface area contributed by atoms with Gasteiger partial charge in [0.1, 0.15) is 5.01 Å². The Hall–Kier alpha value is -2.12. The van der Waals surface area contributed by atoms with Crippen molar-refractivity contribution in [2.24, 2.45) is 0 Å². The molecule has 0 saturated carbocycles. The summed E-state index contributed by atoms with van der Waals surface area (Å²) in [5, 5.41) is 15.6. The second kappa shape index (κ2) is 7.01. The molecule has 1 N–H and O–H groups in total. The molecule has 0 radical (unpaired) electrons. The molecule has 0 atom stereocenters. The first-order chi connectivity index (χ1) is 11.8. The van der Waals surface area contributed by atoms with Gasteiger partial charge in [0.15, 0.2) is 0 Å². The van der Waals surface area contributed by atoms with Crippen molar-refractivity contribution >= 4 is 33.7 Å². The fraction of sp³-hybridized carbons (Fsp3) is 0.333. The van der Waals surface area contributed by atoms with Gasteiger partial charge in [-0.2, -0.15) is 0 Å². The first-order valence-corrected chi connectivity index (χ1v) is 9.66. The highest BCUT2D eigenvalue weighted by atomic mass is 32.1. The Morgan fingerprint density at radius 3 is 2.44 bits per heavy atom. The number of aromatic nitrogens is 3. The highest BCUT2D eigenvalue weighted by Gasteiger charge is 2.20. The van der Waals surface area contributed by atoms with Crippen LogP contribution < -0.4 is 5.32 Å². The number of amides is 1. The van der Waals surface area contributed by atoms with Crippen molar-refractivity contribution in [1.29, 1.82) is 0 Å². The lowest BCUT2D eigenvalue weighted by Crippen LogP contribution is -2.14. The molecule has 1 amide bonds. The molecule has 0 aliphatic carbocycles. The zero-order chi connectivity index (χ0) is 18.0. The van der Waals surface area contributed by atoms with Crippen LogP contribution in [0.5, 0.6) is 0 Å². The summed E-state index contributed by atoms with van der Waals surface area (Å²) in [5.74, 6) is -0.0890. The van der Waals surface area contributed by atoms with Crippen LogP contribution in [0.15, 0.2) is 29.6 Å². The van der Waals surface area contributed by atoms with Gasteiger partial charge in [-0.1, -0.05) is 56.4 Å². The average Bonchev–Trinajstić information content (AvgIpc) is 3.17. The van der Waals surface area contributed by atoms with E-state index in [1.165, 1.54) is 11.3 Å². The van der Waals surface area contributed by atoms with Crippen LogP contribution in [0.2, 0.25) is 0 Å². The van der Waals surface area contributed by atoms with Gasteiger partial charge < -0.3 is 5.32 Å². The van der Waals surface area contributed by atoms with Gasteiger partial charge in [0.2, 0.25) is 11.0 Å². The van der Waals surface area contributed by atoms with Crippen molar-refractivity contribution in [3.05, 3.63) is 45.2 Å². The van der Waals surface area contributed by atoms with Gasteiger partial charge in [-0.3, -0.25) is 4.79 Å². The summed E-state index contributed by atoms with van der Waals surface area (Å²) < 4.78 is 0. The minimum absolute atomic E-state index is 0.0650. The van der Waals surface area contributed by atoms with E-state index >= 15 is 0 Å². The predicted molar refractivity (Wildman–Crippen MR) is 103 cm³/mol. The number of aryl methyl sites for hydroxylation is 1. The van der Waals surface area contributed by atoms with Crippen molar-refractivity contribution in [1.82, 2.24) is 15.2 Å². The van der Waals surface area contributed by atoms with Crippen LogP contribution in [-0.4, -0.2) is 21.1 Å². The molecule has 7 heteroatoms. The lowest BCUT2D eigenvalue weighted by atomic mass is 9.98. The first kappa shape index (κ1) is 17.7. The molecule has 3 aromatic rings. The molecule has 2 heterocycles. The van der Waals surface area contributed by atoms with E-state index in [-0.39, 0.29) is 11.3 Å². The maximum atomic E-state index is 12.2. The van der Waals surface area contributed by atoms with Crippen LogP contribution in [0.25, 0.3) is 11.3 Å². The van der Waals surface area contributed by atoms with Crippen LogP contribution in [0.3, 0.4) is 0 Å². The molecule has 0 aliphatic rings. The lowest BCUT2D eigenvalue weighted by Gasteiger charge is -2.12. The average molecular weight is 373 g/mol. The number of carbonyl (C=O) groups is 1. The van der Waals surface area contributed by atoms with E-state index in [4.69, 9.17) is 0 Å². The third kappa shape index (κ3) is 4.49. The highest BCUT2D eigenvalue weighted by molar-refractivity contribution is 7.15. The van der Waals surface area contributed by atoms with Crippen molar-refractivity contribution in [2.45, 2.75) is 39.5 Å². The van der Waals surface area contributed by atoms with E-state index < -0.39 is 0 Å². The van der Waals surface area contributed by atoms with E-state index in [1.54, 1.807) is 11.3 Å². The number of benzene rings is 1. The number of nitrogens with one attached hydrogen (secondary N) is 1. The van der Waals surface area contributed by atoms with E-state index in [0.29, 0.717) is 11.6 Å². The van der Waals surface area contributed by atoms with E-state index in [1.807, 2.05) is 36.6 Å². The maximum absolute atomic E-state index is 12.2. The number of hydrogen-bond acceptors (Lipinski definition) is 6. The van der Waals surface area contributed by atoms with Gasteiger partial charge >= 0.3 is 0 Å². The first-order valence-electron chi connectivity index (χ1n) is 7.96. The summed E-state index contributed by atoms with van der Waals surface area (Å²) in [7, 11) is 0. The molecule has 1 aromatic carbocycles. The zero-order valence-electron chi connectivity index (χ0n) is 14.7. The highest BCUT2D eigenvalue weighted by Crippen LogP contribution is 2.27. The summed E-state index contributed by atoms with van der Waals surface area (Å²) in [5.41, 5.74) is 2.92. The van der Waals surface area contributed by atoms with E-state index in [2.05, 4.69) is 41.3 Å². The number of rotatable bonds is 4. The van der Waals surface area contributed by atoms with Crippen molar-refractivity contribution in [2.75, 3.05) is 5.32 Å². The van der Waals surface area contributed by atoms with E-state index in [0.717, 1.165) is 26.8 Å². The molecule has 0 aliphatic heterocycles. The number of carbonyl (C=O) groups excluding carboxylic acids is 1. The molecule has 0 saturated heterocycles. The Kier molecular flexibility index (Phi) is 4.96. The third-order valence-electron chi connectivity index (χ3n) is 3.55. The smallest absolute Gasteiger partial charge is 0.230 e. The van der Waals surface area contributed by atoms with E-state index in [9.17, 15) is 4.79 Å². The summed E-state index contributed by atoms with van der Waals surface area (Å²) in [6.07, 6.45) is 0.306. The second-order valence-electron chi connectivity index (χ2n) is 6.84. The molecule has 0 bridgehead atoms. The van der Waals surface area contributed by atoms with Gasteiger partial charge in [0, 0.05) is 16.4 Å². The summed E-state index contributed by atoms with van der Waals surface area (Å²) in [6, 6.07) is 7.92. The van der Waals surface area contributed by atoms with Crippen molar-refractivity contribution in [3.63, 3.8) is 0 Å². The van der Waals surface area contributed by atoms with Gasteiger partial charge in [-0.25, -0.2) is 4.98 Å². The minimum Gasteiger partial charge on any atom is -0.300 e. The standard InChI is InChI=1S/C18H20N4OS2/c1-11-19-14(10-24-11)13-7-5-12(6-8-13)9-15(23)20-17-22-21-16(25-17)18(2,3)4/h5-8,10H,9H2,1-4H3,(H,20,22,23). The molecule has 0 unspecified atom stereocenters. The van der Waals surface area contributed by atoms with Gasteiger partial charge in [0.25, 0.3) is 0 Å². The number of anilines is 1. The monoisotopic (exact) mass is 372 g/mol. The van der Waals surface area contributed by atoms with Crippen molar-refractivity contribution in [3.8, 4) is 11.3 Å². The Bertz CT molecular complexity index is 875. The topological polar surface area (TPSA) is 67.8 Å². The summed E-state index contributed by atoms with van der Waals surface area (Å²) in [6.45, 7) is 8.21. The minimum atomic E-state index is -0.0890. The quantitative estimate of drug-likeness (QED) is 0.735. The van der Waals surface area contributed by atoms with Crippen LogP contribution in [0, 0.1) is 6.92 Å². The van der Waals surface area contributed by atoms with Crippen LogP contribution in [0.1, 0.15) is 36.3 Å². The maximum Gasteiger partial charge on any atom is 0.230 e. The van der Waals surface area contributed by atoms with Crippen LogP contribution >= 0.6 is 22.7 Å². The summed E-state index contributed by atoms with van der Waals surface area (Å²) >= 11 is 3.05. The van der Waals surface area contributed by atoms with Crippen LogP contribution in [0.4, 0.5) is 5.13 Å². The second-order valence-corrected chi connectivity index (χ2v) is 8.88. The fourth-order valence-electron chi connectivity index (χ4n) is 2.22. The van der Waals surface area contributed by atoms with Gasteiger partial charge in [-0.05, 0) is 12.5 Å². The molecule has 0 spiro atoms. The number of hydrogen-bond donors (Lipinski definition) is 1. The number of thiazole rings is 1. The fourth-order valence-corrected chi connectivity index (χ4v) is 3.65. The Morgan fingerprint density at radius 1 is 1.16 bits per heavy atom. The molecule has 0 fully saturated rings. The van der Waals surface area contributed by atoms with Crippen molar-refractivity contribution < 1.29 is 4.79 Å². The summed E-state index contributed by atoms with van der Waals surface area (Å²) in [4.78, 5) is 16.7. The molecule has 3 rings (SSSR count). The predicted octanol–water partition coefficient (Wildman–Crippen LogP) is 4.45. The largest absolute Gasteiger partial charge is 0.300 e. The molecule has 5 nitrogen and oxygen atoms in total. The molecular weight excluding hydrogens is 352 g/mol. The Labute approximate surface area is 155 Å². The molecule has 25 heavy (non-hydrogen) atoms. The molecule has 130 valence electrons. The molecular formula is C18H20N4OS2.